The highest BCUT2D eigenvalue weighted by atomic mass is 32.2. The Bertz CT molecular complexity index is 975. The number of alkyl halides is 3. The van der Waals surface area contributed by atoms with Crippen LogP contribution in [0, 0.1) is 6.92 Å². The number of hydrogen-bond acceptors (Lipinski definition) is 4. The number of pyridine rings is 1. The summed E-state index contributed by atoms with van der Waals surface area (Å²) in [6.45, 7) is -2.42. The van der Waals surface area contributed by atoms with Gasteiger partial charge in [0, 0.05) is 11.8 Å². The third kappa shape index (κ3) is 4.16. The molecule has 1 unspecified atom stereocenters. The second-order valence-electron chi connectivity index (χ2n) is 5.13. The van der Waals surface area contributed by atoms with E-state index in [2.05, 4.69) is 19.7 Å². The number of ether oxygens (including phenoxy) is 1. The van der Waals surface area contributed by atoms with E-state index >= 15 is 0 Å². The molecule has 0 aliphatic heterocycles. The molecule has 0 amide bonds. The number of benzene rings is 1. The van der Waals surface area contributed by atoms with Crippen molar-refractivity contribution in [2.24, 2.45) is 0 Å². The SMILES string of the molecule is [2H]C([2H])(Oc1ccnc(CS(=O)c2nc3ccccc3[nH]2)c1C)C(F)(F)F. The van der Waals surface area contributed by atoms with Crippen molar-refractivity contribution in [1.82, 2.24) is 15.0 Å². The second kappa shape index (κ2) is 6.83. The molecule has 1 atom stereocenters. The Morgan fingerprint density at radius 2 is 2.08 bits per heavy atom. The van der Waals surface area contributed by atoms with E-state index in [0.717, 1.165) is 6.07 Å². The van der Waals surface area contributed by atoms with Crippen LogP contribution < -0.4 is 4.74 Å². The Hall–Kier alpha value is -2.42. The van der Waals surface area contributed by atoms with Crippen molar-refractivity contribution in [3.63, 3.8) is 0 Å². The van der Waals surface area contributed by atoms with Crippen LogP contribution in [0.2, 0.25) is 0 Å². The third-order valence-corrected chi connectivity index (χ3v) is 4.55. The van der Waals surface area contributed by atoms with Crippen molar-refractivity contribution < 1.29 is 24.9 Å². The summed E-state index contributed by atoms with van der Waals surface area (Å²) >= 11 is 0. The molecule has 0 spiro atoms. The van der Waals surface area contributed by atoms with Gasteiger partial charge in [-0.1, -0.05) is 12.1 Å². The lowest BCUT2D eigenvalue weighted by molar-refractivity contribution is -0.153. The van der Waals surface area contributed by atoms with Crippen molar-refractivity contribution in [3.8, 4) is 5.75 Å². The van der Waals surface area contributed by atoms with E-state index in [4.69, 9.17) is 2.74 Å². The molecular weight excluding hydrogens is 355 g/mol. The number of rotatable bonds is 5. The number of nitrogens with zero attached hydrogens (tertiary/aromatic N) is 2. The normalized spacial score (nSPS) is 14.9. The summed E-state index contributed by atoms with van der Waals surface area (Å²) in [7, 11) is -1.63. The van der Waals surface area contributed by atoms with Gasteiger partial charge >= 0.3 is 6.18 Å². The minimum absolute atomic E-state index is 0.113. The van der Waals surface area contributed by atoms with Gasteiger partial charge in [0.05, 0.1) is 36.0 Å². The van der Waals surface area contributed by atoms with Gasteiger partial charge in [-0.25, -0.2) is 4.98 Å². The van der Waals surface area contributed by atoms with Crippen molar-refractivity contribution >= 4 is 21.8 Å². The number of H-pyrrole nitrogens is 1. The van der Waals surface area contributed by atoms with Crippen molar-refractivity contribution in [2.75, 3.05) is 6.56 Å². The molecule has 2 heterocycles. The predicted molar refractivity (Wildman–Crippen MR) is 86.7 cm³/mol. The molecule has 0 aliphatic rings. The quantitative estimate of drug-likeness (QED) is 0.745. The molecule has 5 nitrogen and oxygen atoms in total. The van der Waals surface area contributed by atoms with Crippen molar-refractivity contribution in [3.05, 3.63) is 47.8 Å². The van der Waals surface area contributed by atoms with Gasteiger partial charge in [0.2, 0.25) is 0 Å². The Kier molecular flexibility index (Phi) is 4.07. The molecule has 0 fully saturated rings. The van der Waals surface area contributed by atoms with E-state index in [1.807, 2.05) is 0 Å². The van der Waals surface area contributed by atoms with E-state index in [1.165, 1.54) is 13.1 Å². The number of halogens is 3. The summed E-state index contributed by atoms with van der Waals surface area (Å²) < 4.78 is 69.3. The lowest BCUT2D eigenvalue weighted by atomic mass is 10.2. The first-order valence-corrected chi connectivity index (χ1v) is 8.44. The molecule has 0 saturated heterocycles. The van der Waals surface area contributed by atoms with Gasteiger partial charge in [0.1, 0.15) is 5.75 Å². The van der Waals surface area contributed by atoms with Crippen LogP contribution in [0.3, 0.4) is 0 Å². The van der Waals surface area contributed by atoms with Crippen LogP contribution in [0.25, 0.3) is 11.0 Å². The van der Waals surface area contributed by atoms with Crippen LogP contribution in [0.1, 0.15) is 14.0 Å². The molecule has 3 rings (SSSR count). The number of aromatic nitrogens is 3. The van der Waals surface area contributed by atoms with Gasteiger partial charge < -0.3 is 9.72 Å². The molecule has 132 valence electrons. The molecule has 25 heavy (non-hydrogen) atoms. The van der Waals surface area contributed by atoms with Gasteiger partial charge in [-0.05, 0) is 25.1 Å². The average Bonchev–Trinajstić information content (AvgIpc) is 3.01. The molecule has 0 bridgehead atoms. The number of para-hydroxylation sites is 2. The summed E-state index contributed by atoms with van der Waals surface area (Å²) in [5, 5.41) is 0.217. The Morgan fingerprint density at radius 3 is 2.80 bits per heavy atom. The van der Waals surface area contributed by atoms with Crippen LogP contribution in [-0.4, -0.2) is 31.9 Å². The van der Waals surface area contributed by atoms with E-state index in [9.17, 15) is 17.4 Å². The molecule has 1 N–H and O–H groups in total. The fourth-order valence-electron chi connectivity index (χ4n) is 2.16. The second-order valence-corrected chi connectivity index (χ2v) is 6.50. The maximum Gasteiger partial charge on any atom is 0.422 e. The van der Waals surface area contributed by atoms with Crippen LogP contribution in [0.4, 0.5) is 13.2 Å². The maximum atomic E-state index is 12.7. The lowest BCUT2D eigenvalue weighted by Crippen LogP contribution is -2.19. The van der Waals surface area contributed by atoms with E-state index in [1.54, 1.807) is 24.3 Å². The number of aromatic amines is 1. The molecule has 3 aromatic rings. The molecular formula is C16H14F3N3O2S. The summed E-state index contributed by atoms with van der Waals surface area (Å²) in [5.74, 6) is -0.429. The van der Waals surface area contributed by atoms with E-state index in [-0.39, 0.29) is 27.9 Å². The van der Waals surface area contributed by atoms with Gasteiger partial charge in [-0.2, -0.15) is 13.2 Å². The molecule has 0 aliphatic carbocycles. The third-order valence-electron chi connectivity index (χ3n) is 3.39. The molecule has 9 heteroatoms. The van der Waals surface area contributed by atoms with Crippen LogP contribution in [0.5, 0.6) is 5.75 Å². The largest absolute Gasteiger partial charge is 0.484 e. The summed E-state index contributed by atoms with van der Waals surface area (Å²) in [6.07, 6.45) is -4.01. The monoisotopic (exact) mass is 371 g/mol. The van der Waals surface area contributed by atoms with Gasteiger partial charge in [-0.3, -0.25) is 9.19 Å². The summed E-state index contributed by atoms with van der Waals surface area (Å²) in [5.41, 5.74) is 1.75. The highest BCUT2D eigenvalue weighted by Gasteiger charge is 2.29. The van der Waals surface area contributed by atoms with Crippen molar-refractivity contribution in [2.45, 2.75) is 24.0 Å². The van der Waals surface area contributed by atoms with Crippen LogP contribution in [-0.2, 0) is 16.6 Å². The highest BCUT2D eigenvalue weighted by Crippen LogP contribution is 2.24. The molecule has 1 aromatic carbocycles. The van der Waals surface area contributed by atoms with Gasteiger partial charge in [-0.15, -0.1) is 0 Å². The Labute approximate surface area is 146 Å². The first kappa shape index (κ1) is 14.9. The van der Waals surface area contributed by atoms with Crippen molar-refractivity contribution in [1.29, 1.82) is 0 Å². The fraction of sp³-hybridized carbons (Fsp3) is 0.250. The van der Waals surface area contributed by atoms with Gasteiger partial charge in [0.15, 0.2) is 11.7 Å². The zero-order chi connectivity index (χ0) is 19.8. The predicted octanol–water partition coefficient (Wildman–Crippen LogP) is 3.52. The first-order chi connectivity index (χ1) is 12.6. The number of nitrogens with one attached hydrogen (secondary N) is 1. The molecule has 2 aromatic heterocycles. The van der Waals surface area contributed by atoms with E-state index in [0.29, 0.717) is 11.0 Å². The van der Waals surface area contributed by atoms with E-state index < -0.39 is 23.5 Å². The summed E-state index contributed by atoms with van der Waals surface area (Å²) in [4.78, 5) is 11.2. The van der Waals surface area contributed by atoms with Crippen LogP contribution >= 0.6 is 0 Å². The molecule has 0 radical (unpaired) electrons. The molecule has 0 saturated carbocycles. The number of fused-ring (bicyclic) bond motifs is 1. The minimum atomic E-state index is -5.19. The number of hydrogen-bond donors (Lipinski definition) is 1. The zero-order valence-corrected chi connectivity index (χ0v) is 13.7. The first-order valence-electron chi connectivity index (χ1n) is 8.12. The maximum absolute atomic E-state index is 12.7. The topological polar surface area (TPSA) is 67.9 Å². The van der Waals surface area contributed by atoms with Gasteiger partial charge in [0.25, 0.3) is 0 Å². The fourth-order valence-corrected chi connectivity index (χ4v) is 3.26. The highest BCUT2D eigenvalue weighted by molar-refractivity contribution is 7.84. The Balaban J connectivity index is 1.84. The minimum Gasteiger partial charge on any atom is -0.484 e. The average molecular weight is 371 g/mol. The zero-order valence-electron chi connectivity index (χ0n) is 14.9. The smallest absolute Gasteiger partial charge is 0.422 e. The summed E-state index contributed by atoms with van der Waals surface area (Å²) in [6, 6.07) is 8.25. The standard InChI is InChI=1S/C16H14F3N3O2S/c1-10-13(20-7-6-14(10)24-9-16(17,18)19)8-25(23)15-21-11-4-2-3-5-12(11)22-15/h2-7H,8-9H2,1H3,(H,21,22)/i9D2. The van der Waals surface area contributed by atoms with Crippen LogP contribution in [0.15, 0.2) is 41.7 Å². The number of imidazole rings is 1. The Morgan fingerprint density at radius 1 is 1.32 bits per heavy atom. The lowest BCUT2D eigenvalue weighted by Gasteiger charge is -2.13.